The molecule has 1 aliphatic rings. The highest BCUT2D eigenvalue weighted by Crippen LogP contribution is 2.57. The first-order chi connectivity index (χ1) is 6.90. The van der Waals surface area contributed by atoms with Gasteiger partial charge in [-0.1, -0.05) is 6.07 Å². The third-order valence-electron chi connectivity index (χ3n) is 2.70. The van der Waals surface area contributed by atoms with Crippen molar-refractivity contribution in [2.75, 3.05) is 7.11 Å². The fourth-order valence-corrected chi connectivity index (χ4v) is 1.56. The maximum Gasteiger partial charge on any atom is 0.272 e. The highest BCUT2D eigenvalue weighted by Gasteiger charge is 2.70. The molecular formula is C10H10F3NO. The molecule has 1 aromatic rings. The zero-order valence-corrected chi connectivity index (χ0v) is 8.06. The summed E-state index contributed by atoms with van der Waals surface area (Å²) in [4.78, 5) is 0. The minimum atomic E-state index is -2.94. The van der Waals surface area contributed by atoms with Crippen LogP contribution in [0.25, 0.3) is 0 Å². The molecule has 1 aliphatic carbocycles. The molecule has 0 saturated heterocycles. The van der Waals surface area contributed by atoms with Gasteiger partial charge >= 0.3 is 0 Å². The fraction of sp³-hybridized carbons (Fsp3) is 0.400. The summed E-state index contributed by atoms with van der Waals surface area (Å²) >= 11 is 0. The normalized spacial score (nSPS) is 27.5. The predicted molar refractivity (Wildman–Crippen MR) is 48.4 cm³/mol. The number of nitrogens with two attached hydrogens (primary N) is 1. The second-order valence-electron chi connectivity index (χ2n) is 3.70. The van der Waals surface area contributed by atoms with E-state index in [1.807, 2.05) is 0 Å². The van der Waals surface area contributed by atoms with Gasteiger partial charge in [-0.25, -0.2) is 13.2 Å². The largest absolute Gasteiger partial charge is 0.494 e. The Hall–Kier alpha value is -1.23. The molecule has 1 saturated carbocycles. The summed E-state index contributed by atoms with van der Waals surface area (Å²) < 4.78 is 43.7. The molecule has 82 valence electrons. The molecule has 1 atom stereocenters. The van der Waals surface area contributed by atoms with E-state index in [1.165, 1.54) is 19.2 Å². The molecule has 0 radical (unpaired) electrons. The molecule has 0 heterocycles. The summed E-state index contributed by atoms with van der Waals surface area (Å²) in [7, 11) is 1.31. The van der Waals surface area contributed by atoms with Gasteiger partial charge in [0, 0.05) is 6.42 Å². The number of hydrogen-bond acceptors (Lipinski definition) is 2. The minimum Gasteiger partial charge on any atom is -0.494 e. The van der Waals surface area contributed by atoms with E-state index in [0.717, 1.165) is 6.07 Å². The van der Waals surface area contributed by atoms with Crippen LogP contribution in [0.4, 0.5) is 13.2 Å². The Morgan fingerprint density at radius 3 is 2.40 bits per heavy atom. The van der Waals surface area contributed by atoms with Crippen molar-refractivity contribution in [3.8, 4) is 5.75 Å². The van der Waals surface area contributed by atoms with E-state index >= 15 is 0 Å². The topological polar surface area (TPSA) is 35.2 Å². The van der Waals surface area contributed by atoms with Crippen LogP contribution in [0, 0.1) is 5.82 Å². The molecule has 1 fully saturated rings. The van der Waals surface area contributed by atoms with Crippen LogP contribution in [-0.4, -0.2) is 13.0 Å². The highest BCUT2D eigenvalue weighted by molar-refractivity contribution is 5.40. The summed E-state index contributed by atoms with van der Waals surface area (Å²) in [5, 5.41) is 0. The first-order valence-electron chi connectivity index (χ1n) is 4.41. The van der Waals surface area contributed by atoms with Gasteiger partial charge in [0.15, 0.2) is 11.6 Å². The third kappa shape index (κ3) is 1.38. The van der Waals surface area contributed by atoms with Crippen LogP contribution in [0.5, 0.6) is 5.75 Å². The molecule has 1 aromatic carbocycles. The maximum absolute atomic E-state index is 13.2. The van der Waals surface area contributed by atoms with Crippen LogP contribution in [-0.2, 0) is 5.54 Å². The van der Waals surface area contributed by atoms with Gasteiger partial charge in [0.25, 0.3) is 5.92 Å². The molecule has 0 amide bonds. The Morgan fingerprint density at radius 2 is 2.00 bits per heavy atom. The Balaban J connectivity index is 2.37. The Labute approximate surface area is 84.8 Å². The van der Waals surface area contributed by atoms with Crippen LogP contribution < -0.4 is 10.5 Å². The molecule has 0 aliphatic heterocycles. The Bertz CT molecular complexity index is 408. The molecule has 5 heteroatoms. The van der Waals surface area contributed by atoms with E-state index in [1.54, 1.807) is 0 Å². The van der Waals surface area contributed by atoms with Gasteiger partial charge < -0.3 is 10.5 Å². The van der Waals surface area contributed by atoms with Crippen LogP contribution >= 0.6 is 0 Å². The van der Waals surface area contributed by atoms with E-state index in [4.69, 9.17) is 5.73 Å². The van der Waals surface area contributed by atoms with Gasteiger partial charge in [0.2, 0.25) is 0 Å². The number of rotatable bonds is 2. The summed E-state index contributed by atoms with van der Waals surface area (Å²) in [6.07, 6.45) is -0.439. The van der Waals surface area contributed by atoms with Crippen molar-refractivity contribution < 1.29 is 17.9 Å². The average Bonchev–Trinajstić information content (AvgIpc) is 2.67. The molecular weight excluding hydrogens is 207 g/mol. The minimum absolute atomic E-state index is 0.0197. The number of methoxy groups -OCH3 is 1. The summed E-state index contributed by atoms with van der Waals surface area (Å²) in [5.74, 6) is -3.59. The monoisotopic (exact) mass is 217 g/mol. The Kier molecular flexibility index (Phi) is 1.98. The lowest BCUT2D eigenvalue weighted by Crippen LogP contribution is -2.27. The van der Waals surface area contributed by atoms with Crippen molar-refractivity contribution in [1.29, 1.82) is 0 Å². The summed E-state index contributed by atoms with van der Waals surface area (Å²) in [6, 6.07) is 3.66. The summed E-state index contributed by atoms with van der Waals surface area (Å²) in [6.45, 7) is 0. The molecule has 15 heavy (non-hydrogen) atoms. The van der Waals surface area contributed by atoms with Gasteiger partial charge in [0.05, 0.1) is 7.11 Å². The standard InChI is InChI=1S/C10H10F3NO/c1-15-8-3-2-6(4-7(8)11)9(14)5-10(9,12)13/h2-4H,5,14H2,1H3. The van der Waals surface area contributed by atoms with Crippen molar-refractivity contribution in [3.05, 3.63) is 29.6 Å². The first kappa shape index (κ1) is 10.3. The van der Waals surface area contributed by atoms with E-state index in [2.05, 4.69) is 4.74 Å². The Morgan fingerprint density at radius 1 is 1.40 bits per heavy atom. The van der Waals surface area contributed by atoms with Crippen LogP contribution in [0.1, 0.15) is 12.0 Å². The van der Waals surface area contributed by atoms with E-state index in [0.29, 0.717) is 0 Å². The van der Waals surface area contributed by atoms with Crippen molar-refractivity contribution in [2.45, 2.75) is 17.9 Å². The van der Waals surface area contributed by atoms with Crippen LogP contribution in [0.3, 0.4) is 0 Å². The third-order valence-corrected chi connectivity index (χ3v) is 2.70. The zero-order chi connectivity index (χ0) is 11.3. The van der Waals surface area contributed by atoms with E-state index in [-0.39, 0.29) is 11.3 Å². The van der Waals surface area contributed by atoms with Gasteiger partial charge in [-0.15, -0.1) is 0 Å². The van der Waals surface area contributed by atoms with Crippen molar-refractivity contribution in [2.24, 2.45) is 5.73 Å². The highest BCUT2D eigenvalue weighted by atomic mass is 19.3. The average molecular weight is 217 g/mol. The lowest BCUT2D eigenvalue weighted by Gasteiger charge is -2.11. The maximum atomic E-state index is 13.2. The predicted octanol–water partition coefficient (Wildman–Crippen LogP) is 2.03. The SMILES string of the molecule is COc1ccc(C2(N)CC2(F)F)cc1F. The van der Waals surface area contributed by atoms with Gasteiger partial charge in [-0.3, -0.25) is 0 Å². The zero-order valence-electron chi connectivity index (χ0n) is 8.06. The van der Waals surface area contributed by atoms with Crippen molar-refractivity contribution >= 4 is 0 Å². The molecule has 2 N–H and O–H groups in total. The summed E-state index contributed by atoms with van der Waals surface area (Å²) in [5.41, 5.74) is 3.84. The first-order valence-corrected chi connectivity index (χ1v) is 4.41. The molecule has 1 unspecified atom stereocenters. The van der Waals surface area contributed by atoms with Crippen LogP contribution in [0.2, 0.25) is 0 Å². The number of benzene rings is 1. The van der Waals surface area contributed by atoms with E-state index < -0.39 is 23.7 Å². The second-order valence-corrected chi connectivity index (χ2v) is 3.70. The lowest BCUT2D eigenvalue weighted by molar-refractivity contribution is 0.0890. The van der Waals surface area contributed by atoms with Gasteiger partial charge in [0.1, 0.15) is 5.54 Å². The second kappa shape index (κ2) is 2.88. The number of hydrogen-bond donors (Lipinski definition) is 1. The van der Waals surface area contributed by atoms with Crippen LogP contribution in [0.15, 0.2) is 18.2 Å². The molecule has 2 nitrogen and oxygen atoms in total. The number of ether oxygens (including phenoxy) is 1. The van der Waals surface area contributed by atoms with Crippen molar-refractivity contribution in [1.82, 2.24) is 0 Å². The molecule has 0 aromatic heterocycles. The lowest BCUT2D eigenvalue weighted by atomic mass is 10.1. The number of alkyl halides is 2. The quantitative estimate of drug-likeness (QED) is 0.822. The molecule has 0 bridgehead atoms. The van der Waals surface area contributed by atoms with Crippen molar-refractivity contribution in [3.63, 3.8) is 0 Å². The number of halogens is 3. The fourth-order valence-electron chi connectivity index (χ4n) is 1.56. The molecule has 0 spiro atoms. The van der Waals surface area contributed by atoms with Gasteiger partial charge in [-0.2, -0.15) is 0 Å². The smallest absolute Gasteiger partial charge is 0.272 e. The van der Waals surface area contributed by atoms with Gasteiger partial charge in [-0.05, 0) is 17.7 Å². The molecule has 2 rings (SSSR count). The van der Waals surface area contributed by atoms with E-state index in [9.17, 15) is 13.2 Å².